The molecule has 0 aliphatic heterocycles. The van der Waals surface area contributed by atoms with Crippen molar-refractivity contribution in [1.29, 1.82) is 0 Å². The number of carboxylic acids is 1. The second-order valence-electron chi connectivity index (χ2n) is 6.00. The number of nitrogens with one attached hydrogen (secondary N) is 1. The Labute approximate surface area is 121 Å². The van der Waals surface area contributed by atoms with Crippen LogP contribution >= 0.6 is 0 Å². The molecule has 20 heavy (non-hydrogen) atoms. The Kier molecular flexibility index (Phi) is 5.60. The Bertz CT molecular complexity index is 418. The van der Waals surface area contributed by atoms with Gasteiger partial charge in [0.05, 0.1) is 0 Å². The molecular formula is C17H25NO2. The summed E-state index contributed by atoms with van der Waals surface area (Å²) in [5, 5.41) is 12.6. The summed E-state index contributed by atoms with van der Waals surface area (Å²) in [6, 6.07) is 11.2. The monoisotopic (exact) mass is 275 g/mol. The molecule has 3 heteroatoms. The number of carbonyl (C=O) groups is 1. The summed E-state index contributed by atoms with van der Waals surface area (Å²) in [5.74, 6) is 0.00225. The summed E-state index contributed by atoms with van der Waals surface area (Å²) in [6.45, 7) is 2.29. The Morgan fingerprint density at radius 3 is 2.70 bits per heavy atom. The van der Waals surface area contributed by atoms with E-state index in [4.69, 9.17) is 5.11 Å². The van der Waals surface area contributed by atoms with Gasteiger partial charge < -0.3 is 10.4 Å². The zero-order valence-corrected chi connectivity index (χ0v) is 12.2. The molecule has 0 heterocycles. The molecule has 1 aliphatic rings. The van der Waals surface area contributed by atoms with Crippen LogP contribution in [0.4, 0.5) is 0 Å². The molecule has 0 radical (unpaired) electrons. The van der Waals surface area contributed by atoms with Crippen LogP contribution in [0.5, 0.6) is 0 Å². The standard InChI is InChI=1S/C17H25NO2/c1-13-6-5-9-16(13)18-15(10-11-17(19)20)12-14-7-3-2-4-8-14/h2-4,7-8,13,15-16,18H,5-6,9-12H2,1H3,(H,19,20). The largest absolute Gasteiger partial charge is 0.481 e. The van der Waals surface area contributed by atoms with Crippen molar-refractivity contribution in [2.75, 3.05) is 0 Å². The van der Waals surface area contributed by atoms with E-state index < -0.39 is 5.97 Å². The van der Waals surface area contributed by atoms with Crippen molar-refractivity contribution < 1.29 is 9.90 Å². The molecule has 1 aliphatic carbocycles. The third kappa shape index (κ3) is 4.64. The van der Waals surface area contributed by atoms with Crippen LogP contribution in [0.1, 0.15) is 44.6 Å². The number of rotatable bonds is 7. The summed E-state index contributed by atoms with van der Waals surface area (Å²) >= 11 is 0. The van der Waals surface area contributed by atoms with E-state index in [1.807, 2.05) is 18.2 Å². The predicted octanol–water partition coefficient (Wildman–Crippen LogP) is 3.24. The van der Waals surface area contributed by atoms with E-state index in [-0.39, 0.29) is 12.5 Å². The first kappa shape index (κ1) is 15.0. The molecule has 0 saturated heterocycles. The minimum atomic E-state index is -0.704. The van der Waals surface area contributed by atoms with Gasteiger partial charge in [0.25, 0.3) is 0 Å². The number of benzene rings is 1. The number of hydrogen-bond donors (Lipinski definition) is 2. The molecule has 1 saturated carbocycles. The van der Waals surface area contributed by atoms with Gasteiger partial charge in [0.2, 0.25) is 0 Å². The van der Waals surface area contributed by atoms with Crippen molar-refractivity contribution in [2.45, 2.75) is 57.5 Å². The molecule has 0 aromatic heterocycles. The summed E-state index contributed by atoms with van der Waals surface area (Å²) in [4.78, 5) is 10.8. The molecule has 3 nitrogen and oxygen atoms in total. The van der Waals surface area contributed by atoms with Gasteiger partial charge in [-0.2, -0.15) is 0 Å². The van der Waals surface area contributed by atoms with E-state index in [2.05, 4.69) is 24.4 Å². The quantitative estimate of drug-likeness (QED) is 0.803. The minimum absolute atomic E-state index is 0.242. The van der Waals surface area contributed by atoms with Gasteiger partial charge in [0, 0.05) is 18.5 Å². The van der Waals surface area contributed by atoms with Crippen LogP contribution < -0.4 is 5.32 Å². The normalized spacial score (nSPS) is 23.6. The first-order valence-electron chi connectivity index (χ1n) is 7.67. The number of aliphatic carboxylic acids is 1. The molecule has 110 valence electrons. The van der Waals surface area contributed by atoms with Crippen LogP contribution in [0.2, 0.25) is 0 Å². The van der Waals surface area contributed by atoms with Crippen molar-refractivity contribution in [1.82, 2.24) is 5.32 Å². The van der Waals surface area contributed by atoms with Crippen LogP contribution in [0.3, 0.4) is 0 Å². The Morgan fingerprint density at radius 1 is 1.35 bits per heavy atom. The molecule has 1 fully saturated rings. The van der Waals surface area contributed by atoms with E-state index in [9.17, 15) is 4.79 Å². The first-order valence-corrected chi connectivity index (χ1v) is 7.67. The van der Waals surface area contributed by atoms with Gasteiger partial charge in [-0.25, -0.2) is 0 Å². The molecule has 0 amide bonds. The second kappa shape index (κ2) is 7.44. The van der Waals surface area contributed by atoms with Gasteiger partial charge in [0.15, 0.2) is 0 Å². The number of carboxylic acid groups (broad SMARTS) is 1. The lowest BCUT2D eigenvalue weighted by atomic mass is 9.98. The van der Waals surface area contributed by atoms with E-state index in [1.165, 1.54) is 24.8 Å². The van der Waals surface area contributed by atoms with Crippen LogP contribution in [-0.2, 0) is 11.2 Å². The smallest absolute Gasteiger partial charge is 0.303 e. The highest BCUT2D eigenvalue weighted by atomic mass is 16.4. The topological polar surface area (TPSA) is 49.3 Å². The fourth-order valence-corrected chi connectivity index (χ4v) is 3.14. The van der Waals surface area contributed by atoms with Gasteiger partial charge in [-0.1, -0.05) is 43.7 Å². The zero-order valence-electron chi connectivity index (χ0n) is 12.2. The van der Waals surface area contributed by atoms with Gasteiger partial charge in [-0.15, -0.1) is 0 Å². The lowest BCUT2D eigenvalue weighted by molar-refractivity contribution is -0.137. The summed E-state index contributed by atoms with van der Waals surface area (Å²) in [6.07, 6.45) is 5.65. The highest BCUT2D eigenvalue weighted by molar-refractivity contribution is 5.66. The second-order valence-corrected chi connectivity index (χ2v) is 6.00. The molecule has 1 aromatic carbocycles. The third-order valence-corrected chi connectivity index (χ3v) is 4.34. The summed E-state index contributed by atoms with van der Waals surface area (Å²) in [5.41, 5.74) is 1.28. The lowest BCUT2D eigenvalue weighted by Gasteiger charge is -2.25. The van der Waals surface area contributed by atoms with Crippen molar-refractivity contribution >= 4 is 5.97 Å². The maximum Gasteiger partial charge on any atom is 0.303 e. The summed E-state index contributed by atoms with van der Waals surface area (Å²) in [7, 11) is 0. The van der Waals surface area contributed by atoms with E-state index in [1.54, 1.807) is 0 Å². The Morgan fingerprint density at radius 2 is 2.10 bits per heavy atom. The van der Waals surface area contributed by atoms with Gasteiger partial charge in [-0.05, 0) is 37.2 Å². The molecule has 0 bridgehead atoms. The molecule has 3 unspecified atom stereocenters. The highest BCUT2D eigenvalue weighted by Crippen LogP contribution is 2.26. The molecule has 1 aromatic rings. The first-order chi connectivity index (χ1) is 9.65. The minimum Gasteiger partial charge on any atom is -0.481 e. The van der Waals surface area contributed by atoms with Crippen molar-refractivity contribution in [3.8, 4) is 0 Å². The zero-order chi connectivity index (χ0) is 14.4. The molecule has 2 N–H and O–H groups in total. The van der Waals surface area contributed by atoms with Crippen LogP contribution in [0.15, 0.2) is 30.3 Å². The molecule has 3 atom stereocenters. The highest BCUT2D eigenvalue weighted by Gasteiger charge is 2.25. The fourth-order valence-electron chi connectivity index (χ4n) is 3.14. The Hall–Kier alpha value is -1.35. The maximum atomic E-state index is 10.8. The fraction of sp³-hybridized carbons (Fsp3) is 0.588. The predicted molar refractivity (Wildman–Crippen MR) is 80.7 cm³/mol. The lowest BCUT2D eigenvalue weighted by Crippen LogP contribution is -2.41. The van der Waals surface area contributed by atoms with Gasteiger partial charge in [-0.3, -0.25) is 4.79 Å². The van der Waals surface area contributed by atoms with E-state index in [0.29, 0.717) is 18.4 Å². The van der Waals surface area contributed by atoms with E-state index >= 15 is 0 Å². The van der Waals surface area contributed by atoms with Crippen molar-refractivity contribution in [3.63, 3.8) is 0 Å². The van der Waals surface area contributed by atoms with Crippen molar-refractivity contribution in [2.24, 2.45) is 5.92 Å². The van der Waals surface area contributed by atoms with Gasteiger partial charge >= 0.3 is 5.97 Å². The number of hydrogen-bond acceptors (Lipinski definition) is 2. The average molecular weight is 275 g/mol. The average Bonchev–Trinajstić information content (AvgIpc) is 2.83. The van der Waals surface area contributed by atoms with Crippen LogP contribution in [-0.4, -0.2) is 23.2 Å². The van der Waals surface area contributed by atoms with E-state index in [0.717, 1.165) is 6.42 Å². The SMILES string of the molecule is CC1CCCC1NC(CCC(=O)O)Cc1ccccc1. The van der Waals surface area contributed by atoms with Crippen LogP contribution in [0, 0.1) is 5.92 Å². The molecule has 0 spiro atoms. The maximum absolute atomic E-state index is 10.8. The summed E-state index contributed by atoms with van der Waals surface area (Å²) < 4.78 is 0. The van der Waals surface area contributed by atoms with Crippen molar-refractivity contribution in [3.05, 3.63) is 35.9 Å². The third-order valence-electron chi connectivity index (χ3n) is 4.34. The van der Waals surface area contributed by atoms with Crippen LogP contribution in [0.25, 0.3) is 0 Å². The molecule has 2 rings (SSSR count). The Balaban J connectivity index is 1.94. The van der Waals surface area contributed by atoms with Gasteiger partial charge in [0.1, 0.15) is 0 Å². The molecular weight excluding hydrogens is 250 g/mol.